The van der Waals surface area contributed by atoms with E-state index in [4.69, 9.17) is 4.74 Å². The van der Waals surface area contributed by atoms with Gasteiger partial charge in [0, 0.05) is 11.8 Å². The molecule has 0 amide bonds. The SMILES string of the molecule is CCOc1ccc(Nc2cc(Nc3ccc(F)c(F)c3F)ncn2)cc1. The summed E-state index contributed by atoms with van der Waals surface area (Å²) in [7, 11) is 0. The van der Waals surface area contributed by atoms with Crippen LogP contribution in [0.3, 0.4) is 0 Å². The van der Waals surface area contributed by atoms with Crippen molar-refractivity contribution in [2.75, 3.05) is 17.2 Å². The minimum atomic E-state index is -1.54. The Balaban J connectivity index is 1.75. The molecule has 1 aromatic heterocycles. The molecule has 0 aliphatic heterocycles. The van der Waals surface area contributed by atoms with Crippen LogP contribution < -0.4 is 15.4 Å². The summed E-state index contributed by atoms with van der Waals surface area (Å²) in [5, 5.41) is 5.66. The molecule has 0 unspecified atom stereocenters. The number of rotatable bonds is 6. The fraction of sp³-hybridized carbons (Fsp3) is 0.111. The molecule has 1 heterocycles. The molecular weight excluding hydrogens is 345 g/mol. The maximum Gasteiger partial charge on any atom is 0.196 e. The van der Waals surface area contributed by atoms with E-state index >= 15 is 0 Å². The third-order valence-corrected chi connectivity index (χ3v) is 3.40. The molecule has 0 fully saturated rings. The fourth-order valence-corrected chi connectivity index (χ4v) is 2.20. The van der Waals surface area contributed by atoms with Crippen molar-refractivity contribution in [2.24, 2.45) is 0 Å². The molecule has 0 radical (unpaired) electrons. The molecule has 0 bridgehead atoms. The number of ether oxygens (including phenoxy) is 1. The van der Waals surface area contributed by atoms with E-state index in [9.17, 15) is 13.2 Å². The van der Waals surface area contributed by atoms with Gasteiger partial charge >= 0.3 is 0 Å². The summed E-state index contributed by atoms with van der Waals surface area (Å²) >= 11 is 0. The quantitative estimate of drug-likeness (QED) is 0.620. The van der Waals surface area contributed by atoms with E-state index in [0.29, 0.717) is 12.4 Å². The van der Waals surface area contributed by atoms with Crippen molar-refractivity contribution in [3.63, 3.8) is 0 Å². The van der Waals surface area contributed by atoms with Crippen molar-refractivity contribution in [1.29, 1.82) is 0 Å². The minimum Gasteiger partial charge on any atom is -0.494 e. The molecule has 0 spiro atoms. The Hall–Kier alpha value is -3.29. The van der Waals surface area contributed by atoms with Crippen LogP contribution in [0.2, 0.25) is 0 Å². The van der Waals surface area contributed by atoms with Crippen LogP contribution in [-0.4, -0.2) is 16.6 Å². The molecule has 3 aromatic rings. The summed E-state index contributed by atoms with van der Waals surface area (Å²) in [6.45, 7) is 2.48. The van der Waals surface area contributed by atoms with Gasteiger partial charge in [0.05, 0.1) is 12.3 Å². The maximum absolute atomic E-state index is 13.7. The molecule has 2 aromatic carbocycles. The molecule has 2 N–H and O–H groups in total. The van der Waals surface area contributed by atoms with Gasteiger partial charge < -0.3 is 15.4 Å². The summed E-state index contributed by atoms with van der Waals surface area (Å²) in [4.78, 5) is 8.01. The summed E-state index contributed by atoms with van der Waals surface area (Å²) in [6.07, 6.45) is 1.26. The first kappa shape index (κ1) is 17.5. The van der Waals surface area contributed by atoms with E-state index in [1.807, 2.05) is 31.2 Å². The number of anilines is 4. The highest BCUT2D eigenvalue weighted by atomic mass is 19.2. The molecule has 0 aliphatic rings. The van der Waals surface area contributed by atoms with E-state index < -0.39 is 17.5 Å². The van der Waals surface area contributed by atoms with E-state index in [2.05, 4.69) is 20.6 Å². The van der Waals surface area contributed by atoms with Crippen LogP contribution in [0.5, 0.6) is 5.75 Å². The summed E-state index contributed by atoms with van der Waals surface area (Å²) in [5.41, 5.74) is 0.534. The second-order valence-electron chi connectivity index (χ2n) is 5.22. The van der Waals surface area contributed by atoms with Gasteiger partial charge in [-0.3, -0.25) is 0 Å². The van der Waals surface area contributed by atoms with Crippen molar-refractivity contribution < 1.29 is 17.9 Å². The van der Waals surface area contributed by atoms with Gasteiger partial charge in [0.15, 0.2) is 17.5 Å². The largest absolute Gasteiger partial charge is 0.494 e. The summed E-state index contributed by atoms with van der Waals surface area (Å²) in [5.74, 6) is -2.71. The van der Waals surface area contributed by atoms with Gasteiger partial charge in [0.25, 0.3) is 0 Å². The van der Waals surface area contributed by atoms with Crippen LogP contribution in [0.1, 0.15) is 6.92 Å². The summed E-state index contributed by atoms with van der Waals surface area (Å²) in [6, 6.07) is 10.7. The Morgan fingerprint density at radius 2 is 1.58 bits per heavy atom. The predicted molar refractivity (Wildman–Crippen MR) is 92.5 cm³/mol. The van der Waals surface area contributed by atoms with Crippen LogP contribution in [0.25, 0.3) is 0 Å². The number of halogens is 3. The number of nitrogens with zero attached hydrogens (tertiary/aromatic N) is 2. The third-order valence-electron chi connectivity index (χ3n) is 3.40. The number of hydrogen-bond donors (Lipinski definition) is 2. The van der Waals surface area contributed by atoms with Crippen molar-refractivity contribution in [3.8, 4) is 5.75 Å². The van der Waals surface area contributed by atoms with Gasteiger partial charge in [-0.1, -0.05) is 0 Å². The molecule has 0 saturated carbocycles. The fourth-order valence-electron chi connectivity index (χ4n) is 2.20. The highest BCUT2D eigenvalue weighted by Crippen LogP contribution is 2.24. The lowest BCUT2D eigenvalue weighted by molar-refractivity contribution is 0.340. The average Bonchev–Trinajstić information content (AvgIpc) is 2.64. The first-order chi connectivity index (χ1) is 12.6. The van der Waals surface area contributed by atoms with Gasteiger partial charge in [0.1, 0.15) is 23.7 Å². The smallest absolute Gasteiger partial charge is 0.196 e. The van der Waals surface area contributed by atoms with E-state index in [1.54, 1.807) is 0 Å². The van der Waals surface area contributed by atoms with Crippen LogP contribution in [0.4, 0.5) is 36.2 Å². The normalized spacial score (nSPS) is 10.5. The monoisotopic (exact) mass is 360 g/mol. The minimum absolute atomic E-state index is 0.221. The average molecular weight is 360 g/mol. The van der Waals surface area contributed by atoms with Crippen LogP contribution in [0.15, 0.2) is 48.8 Å². The van der Waals surface area contributed by atoms with E-state index in [0.717, 1.165) is 23.6 Å². The zero-order chi connectivity index (χ0) is 18.5. The van der Waals surface area contributed by atoms with Gasteiger partial charge in [0.2, 0.25) is 0 Å². The molecular formula is C18H15F3N4O. The van der Waals surface area contributed by atoms with Crippen molar-refractivity contribution in [1.82, 2.24) is 9.97 Å². The summed E-state index contributed by atoms with van der Waals surface area (Å²) < 4.78 is 45.4. The first-order valence-electron chi connectivity index (χ1n) is 7.79. The lowest BCUT2D eigenvalue weighted by Crippen LogP contribution is -2.02. The molecule has 5 nitrogen and oxygen atoms in total. The van der Waals surface area contributed by atoms with Gasteiger partial charge in [-0.15, -0.1) is 0 Å². The first-order valence-corrected chi connectivity index (χ1v) is 7.79. The molecule has 0 atom stereocenters. The number of aromatic nitrogens is 2. The van der Waals surface area contributed by atoms with Gasteiger partial charge in [-0.05, 0) is 43.3 Å². The number of nitrogens with one attached hydrogen (secondary N) is 2. The Morgan fingerprint density at radius 1 is 0.885 bits per heavy atom. The Labute approximate surface area is 147 Å². The predicted octanol–water partition coefficient (Wildman–Crippen LogP) is 4.78. The highest BCUT2D eigenvalue weighted by molar-refractivity contribution is 5.63. The Morgan fingerprint density at radius 3 is 2.27 bits per heavy atom. The lowest BCUT2D eigenvalue weighted by atomic mass is 10.2. The lowest BCUT2D eigenvalue weighted by Gasteiger charge is -2.10. The van der Waals surface area contributed by atoms with Crippen LogP contribution in [-0.2, 0) is 0 Å². The van der Waals surface area contributed by atoms with Crippen molar-refractivity contribution >= 4 is 23.0 Å². The number of hydrogen-bond acceptors (Lipinski definition) is 5. The molecule has 134 valence electrons. The molecule has 26 heavy (non-hydrogen) atoms. The third kappa shape index (κ3) is 4.02. The molecule has 0 saturated heterocycles. The molecule has 8 heteroatoms. The van der Waals surface area contributed by atoms with Crippen LogP contribution in [0, 0.1) is 17.5 Å². The Bertz CT molecular complexity index is 903. The van der Waals surface area contributed by atoms with E-state index in [1.165, 1.54) is 12.4 Å². The van der Waals surface area contributed by atoms with E-state index in [-0.39, 0.29) is 11.5 Å². The second kappa shape index (κ2) is 7.73. The van der Waals surface area contributed by atoms with Gasteiger partial charge in [-0.2, -0.15) is 0 Å². The second-order valence-corrected chi connectivity index (χ2v) is 5.22. The standard InChI is InChI=1S/C18H15F3N4O/c1-2-26-12-5-3-11(4-6-12)24-15-9-16(23-10-22-15)25-14-8-7-13(19)17(20)18(14)21/h3-10H,2H2,1H3,(H2,22,23,24,25). The molecule has 3 rings (SSSR count). The Kier molecular flexibility index (Phi) is 5.21. The van der Waals surface area contributed by atoms with Gasteiger partial charge in [-0.25, -0.2) is 23.1 Å². The zero-order valence-corrected chi connectivity index (χ0v) is 13.8. The van der Waals surface area contributed by atoms with Crippen LogP contribution >= 0.6 is 0 Å². The molecule has 0 aliphatic carbocycles. The van der Waals surface area contributed by atoms with Crippen molar-refractivity contribution in [3.05, 3.63) is 66.2 Å². The zero-order valence-electron chi connectivity index (χ0n) is 13.8. The number of benzene rings is 2. The maximum atomic E-state index is 13.7. The van der Waals surface area contributed by atoms with Crippen molar-refractivity contribution in [2.45, 2.75) is 6.92 Å². The topological polar surface area (TPSA) is 59.1 Å². The highest BCUT2D eigenvalue weighted by Gasteiger charge is 2.14.